The Kier molecular flexibility index (Phi) is 5.54. The molecule has 23 heavy (non-hydrogen) atoms. The lowest BCUT2D eigenvalue weighted by atomic mass is 10.1. The first-order valence-corrected chi connectivity index (χ1v) is 7.38. The first-order valence-electron chi connectivity index (χ1n) is 7.00. The molecule has 120 valence electrons. The monoisotopic (exact) mass is 332 g/mol. The van der Waals surface area contributed by atoms with Gasteiger partial charge in [0.1, 0.15) is 0 Å². The second-order valence-electron chi connectivity index (χ2n) is 4.98. The van der Waals surface area contributed by atoms with E-state index in [-0.39, 0.29) is 11.9 Å². The van der Waals surface area contributed by atoms with Crippen molar-refractivity contribution in [2.75, 3.05) is 10.6 Å². The minimum atomic E-state index is -0.400. The van der Waals surface area contributed by atoms with Gasteiger partial charge in [-0.3, -0.25) is 9.78 Å². The summed E-state index contributed by atoms with van der Waals surface area (Å²) >= 11 is 6.07. The van der Waals surface area contributed by atoms with Gasteiger partial charge in [-0.2, -0.15) is 0 Å². The van der Waals surface area contributed by atoms with Crippen LogP contribution in [0.5, 0.6) is 0 Å². The van der Waals surface area contributed by atoms with Crippen LogP contribution in [0.25, 0.3) is 0 Å². The molecule has 1 aromatic carbocycles. The molecule has 0 unspecified atom stereocenters. The third kappa shape index (κ3) is 4.96. The van der Waals surface area contributed by atoms with Crippen LogP contribution in [0, 0.1) is 0 Å². The number of anilines is 2. The van der Waals surface area contributed by atoms with Crippen molar-refractivity contribution in [2.24, 2.45) is 0 Å². The molecular weight excluding hydrogens is 316 g/mol. The van der Waals surface area contributed by atoms with Crippen LogP contribution in [0.2, 0.25) is 5.02 Å². The smallest absolute Gasteiger partial charge is 0.319 e. The Labute approximate surface area is 139 Å². The van der Waals surface area contributed by atoms with E-state index in [2.05, 4.69) is 20.9 Å². The van der Waals surface area contributed by atoms with Crippen molar-refractivity contribution in [3.05, 3.63) is 53.3 Å². The van der Waals surface area contributed by atoms with Crippen LogP contribution >= 0.6 is 11.6 Å². The van der Waals surface area contributed by atoms with Gasteiger partial charge in [0.15, 0.2) is 0 Å². The van der Waals surface area contributed by atoms with E-state index in [4.69, 9.17) is 11.6 Å². The highest BCUT2D eigenvalue weighted by Crippen LogP contribution is 2.25. The number of benzene rings is 1. The summed E-state index contributed by atoms with van der Waals surface area (Å²) in [5.41, 5.74) is 1.85. The molecule has 3 amide bonds. The fourth-order valence-electron chi connectivity index (χ4n) is 1.97. The summed E-state index contributed by atoms with van der Waals surface area (Å²) in [6, 6.07) is 7.93. The van der Waals surface area contributed by atoms with E-state index in [1.54, 1.807) is 36.7 Å². The summed E-state index contributed by atoms with van der Waals surface area (Å²) in [7, 11) is 0. The number of rotatable bonds is 4. The largest absolute Gasteiger partial charge is 0.331 e. The number of hydrogen-bond acceptors (Lipinski definition) is 3. The van der Waals surface area contributed by atoms with E-state index in [9.17, 15) is 9.59 Å². The highest BCUT2D eigenvalue weighted by molar-refractivity contribution is 6.33. The van der Waals surface area contributed by atoms with Crippen LogP contribution < -0.4 is 16.0 Å². The molecule has 0 spiro atoms. The lowest BCUT2D eigenvalue weighted by Crippen LogP contribution is -2.31. The van der Waals surface area contributed by atoms with Crippen molar-refractivity contribution in [3.63, 3.8) is 0 Å². The average Bonchev–Trinajstić information content (AvgIpc) is 2.51. The lowest BCUT2D eigenvalue weighted by Gasteiger charge is -2.15. The Morgan fingerprint density at radius 1 is 1.22 bits per heavy atom. The fourth-order valence-corrected chi connectivity index (χ4v) is 2.14. The van der Waals surface area contributed by atoms with Gasteiger partial charge in [-0.05, 0) is 36.8 Å². The van der Waals surface area contributed by atoms with E-state index in [1.807, 2.05) is 13.0 Å². The number of pyridine rings is 1. The number of aromatic nitrogens is 1. The second kappa shape index (κ2) is 7.60. The Morgan fingerprint density at radius 2 is 2.00 bits per heavy atom. The third-order valence-corrected chi connectivity index (χ3v) is 3.40. The van der Waals surface area contributed by atoms with Crippen LogP contribution in [0.15, 0.2) is 42.7 Å². The molecule has 2 aromatic rings. The molecule has 0 saturated heterocycles. The van der Waals surface area contributed by atoms with E-state index in [0.29, 0.717) is 16.4 Å². The first kappa shape index (κ1) is 16.8. The molecule has 0 aliphatic heterocycles. The number of halogens is 1. The maximum absolute atomic E-state index is 12.1. The minimum Gasteiger partial charge on any atom is -0.331 e. The highest BCUT2D eigenvalue weighted by atomic mass is 35.5. The van der Waals surface area contributed by atoms with Gasteiger partial charge in [-0.1, -0.05) is 17.7 Å². The minimum absolute atomic E-state index is 0.201. The number of carbonyl (C=O) groups is 2. The van der Waals surface area contributed by atoms with Gasteiger partial charge in [0, 0.05) is 25.0 Å². The number of hydrogen-bond donors (Lipinski definition) is 3. The maximum atomic E-state index is 12.1. The van der Waals surface area contributed by atoms with Gasteiger partial charge < -0.3 is 16.0 Å². The predicted molar refractivity (Wildman–Crippen MR) is 90.6 cm³/mol. The Hall–Kier alpha value is -2.60. The number of nitrogens with zero attached hydrogens (tertiary/aromatic N) is 1. The molecule has 0 aliphatic carbocycles. The van der Waals surface area contributed by atoms with Crippen molar-refractivity contribution in [3.8, 4) is 0 Å². The molecule has 0 saturated carbocycles. The number of urea groups is 1. The van der Waals surface area contributed by atoms with Gasteiger partial charge in [-0.25, -0.2) is 4.79 Å². The second-order valence-corrected chi connectivity index (χ2v) is 5.39. The van der Waals surface area contributed by atoms with Crippen molar-refractivity contribution >= 4 is 34.9 Å². The molecule has 0 radical (unpaired) electrons. The normalized spacial score (nSPS) is 11.4. The van der Waals surface area contributed by atoms with Gasteiger partial charge in [0.05, 0.1) is 16.8 Å². The molecule has 1 heterocycles. The Balaban J connectivity index is 2.03. The summed E-state index contributed by atoms with van der Waals surface area (Å²) in [6.45, 7) is 3.26. The molecule has 0 aliphatic rings. The van der Waals surface area contributed by atoms with E-state index >= 15 is 0 Å². The molecule has 2 rings (SSSR count). The molecule has 7 heteroatoms. The summed E-state index contributed by atoms with van der Waals surface area (Å²) in [5.74, 6) is -0.201. The SMILES string of the molecule is CC(=O)Nc1ccc(Cl)c(NC(=O)N[C@@H](C)c2cccnc2)c1. The van der Waals surface area contributed by atoms with Crippen molar-refractivity contribution < 1.29 is 9.59 Å². The number of carbonyl (C=O) groups excluding carboxylic acids is 2. The molecule has 6 nitrogen and oxygen atoms in total. The molecule has 3 N–H and O–H groups in total. The van der Waals surface area contributed by atoms with Crippen LogP contribution in [0.1, 0.15) is 25.5 Å². The molecule has 1 aromatic heterocycles. The van der Waals surface area contributed by atoms with E-state index < -0.39 is 6.03 Å². The molecule has 1 atom stereocenters. The fraction of sp³-hybridized carbons (Fsp3) is 0.188. The average molecular weight is 333 g/mol. The first-order chi connectivity index (χ1) is 11.0. The molecular formula is C16H17ClN4O2. The zero-order valence-corrected chi connectivity index (χ0v) is 13.5. The lowest BCUT2D eigenvalue weighted by molar-refractivity contribution is -0.114. The molecule has 0 bridgehead atoms. The quantitative estimate of drug-likeness (QED) is 0.800. The van der Waals surface area contributed by atoms with Gasteiger partial charge >= 0.3 is 6.03 Å². The van der Waals surface area contributed by atoms with Crippen molar-refractivity contribution in [2.45, 2.75) is 19.9 Å². The van der Waals surface area contributed by atoms with Crippen molar-refractivity contribution in [1.82, 2.24) is 10.3 Å². The summed E-state index contributed by atoms with van der Waals surface area (Å²) in [4.78, 5) is 27.2. The zero-order valence-electron chi connectivity index (χ0n) is 12.8. The third-order valence-electron chi connectivity index (χ3n) is 3.07. The van der Waals surface area contributed by atoms with Crippen molar-refractivity contribution in [1.29, 1.82) is 0 Å². The Bertz CT molecular complexity index is 706. The summed E-state index contributed by atoms with van der Waals surface area (Å²) < 4.78 is 0. The molecule has 0 fully saturated rings. The maximum Gasteiger partial charge on any atom is 0.319 e. The van der Waals surface area contributed by atoms with Gasteiger partial charge in [0.2, 0.25) is 5.91 Å². The Morgan fingerprint density at radius 3 is 2.65 bits per heavy atom. The standard InChI is InChI=1S/C16H17ClN4O2/c1-10(12-4-3-7-18-9-12)19-16(23)21-15-8-13(20-11(2)22)5-6-14(15)17/h3-10H,1-2H3,(H,20,22)(H2,19,21,23)/t10-/m0/s1. The number of nitrogens with one attached hydrogen (secondary N) is 3. The van der Waals surface area contributed by atoms with Crippen LogP contribution in [-0.2, 0) is 4.79 Å². The van der Waals surface area contributed by atoms with Gasteiger partial charge in [-0.15, -0.1) is 0 Å². The number of amides is 3. The van der Waals surface area contributed by atoms with Crippen LogP contribution in [0.4, 0.5) is 16.2 Å². The summed E-state index contributed by atoms with van der Waals surface area (Å²) in [5, 5.41) is 8.48. The van der Waals surface area contributed by atoms with Crippen LogP contribution in [-0.4, -0.2) is 16.9 Å². The van der Waals surface area contributed by atoms with E-state index in [0.717, 1.165) is 5.56 Å². The van der Waals surface area contributed by atoms with E-state index in [1.165, 1.54) is 6.92 Å². The highest BCUT2D eigenvalue weighted by Gasteiger charge is 2.11. The van der Waals surface area contributed by atoms with Crippen LogP contribution in [0.3, 0.4) is 0 Å². The predicted octanol–water partition coefficient (Wildman–Crippen LogP) is 3.58. The summed E-state index contributed by atoms with van der Waals surface area (Å²) in [6.07, 6.45) is 3.36. The van der Waals surface area contributed by atoms with Gasteiger partial charge in [0.25, 0.3) is 0 Å². The topological polar surface area (TPSA) is 83.1 Å². The zero-order chi connectivity index (χ0) is 16.8.